The van der Waals surface area contributed by atoms with E-state index >= 15 is 0 Å². The zero-order chi connectivity index (χ0) is 17.5. The highest BCUT2D eigenvalue weighted by molar-refractivity contribution is 5.78. The van der Waals surface area contributed by atoms with Crippen LogP contribution in [0.15, 0.2) is 0 Å². The van der Waals surface area contributed by atoms with Crippen molar-refractivity contribution in [2.45, 2.75) is 64.0 Å². The Morgan fingerprint density at radius 2 is 1.67 bits per heavy atom. The number of likely N-dealkylation sites (tertiary alicyclic amines) is 1. The van der Waals surface area contributed by atoms with E-state index in [0.29, 0.717) is 18.6 Å². The Labute approximate surface area is 145 Å². The minimum atomic E-state index is -0.761. The average molecular weight is 339 g/mol. The van der Waals surface area contributed by atoms with Crippen LogP contribution in [0.25, 0.3) is 0 Å². The van der Waals surface area contributed by atoms with Gasteiger partial charge in [-0.05, 0) is 32.2 Å². The maximum Gasteiger partial charge on any atom is 0.317 e. The van der Waals surface area contributed by atoms with Crippen LogP contribution in [-0.4, -0.2) is 83.5 Å². The number of carboxylic acids is 1. The highest BCUT2D eigenvalue weighted by atomic mass is 16.4. The summed E-state index contributed by atoms with van der Waals surface area (Å²) in [7, 11) is 1.96. The second-order valence-corrected chi connectivity index (χ2v) is 7.26. The lowest BCUT2D eigenvalue weighted by Crippen LogP contribution is -2.50. The van der Waals surface area contributed by atoms with Crippen LogP contribution < -0.4 is 0 Å². The van der Waals surface area contributed by atoms with Crippen molar-refractivity contribution < 1.29 is 14.7 Å². The van der Waals surface area contributed by atoms with Crippen molar-refractivity contribution in [2.75, 3.05) is 39.8 Å². The fourth-order valence-corrected chi connectivity index (χ4v) is 4.09. The van der Waals surface area contributed by atoms with Gasteiger partial charge in [-0.3, -0.25) is 19.4 Å². The monoisotopic (exact) mass is 339 g/mol. The van der Waals surface area contributed by atoms with E-state index in [9.17, 15) is 9.59 Å². The highest BCUT2D eigenvalue weighted by Gasteiger charge is 2.28. The number of piperidine rings is 1. The minimum absolute atomic E-state index is 0.116. The number of hydrogen-bond acceptors (Lipinski definition) is 4. The number of carbonyl (C=O) groups excluding carboxylic acids is 1. The second kappa shape index (κ2) is 9.37. The van der Waals surface area contributed by atoms with Gasteiger partial charge in [0.25, 0.3) is 0 Å². The number of rotatable bonds is 7. The number of amides is 1. The second-order valence-electron chi connectivity index (χ2n) is 7.26. The van der Waals surface area contributed by atoms with Gasteiger partial charge in [-0.2, -0.15) is 0 Å². The maximum atomic E-state index is 12.5. The molecule has 1 saturated heterocycles. The lowest BCUT2D eigenvalue weighted by molar-refractivity contribution is -0.139. The van der Waals surface area contributed by atoms with Gasteiger partial charge in [-0.15, -0.1) is 0 Å². The SMILES string of the molecule is CCN(CC(=O)O)C1CCN(CC(=O)N(C)C2CCCCC2)CC1. The van der Waals surface area contributed by atoms with Crippen LogP contribution in [-0.2, 0) is 9.59 Å². The Bertz CT molecular complexity index is 416. The Morgan fingerprint density at radius 3 is 2.21 bits per heavy atom. The van der Waals surface area contributed by atoms with Crippen molar-refractivity contribution in [1.29, 1.82) is 0 Å². The zero-order valence-corrected chi connectivity index (χ0v) is 15.2. The Morgan fingerprint density at radius 1 is 1.04 bits per heavy atom. The van der Waals surface area contributed by atoms with Crippen molar-refractivity contribution in [1.82, 2.24) is 14.7 Å². The summed E-state index contributed by atoms with van der Waals surface area (Å²) < 4.78 is 0. The molecule has 0 unspecified atom stereocenters. The maximum absolute atomic E-state index is 12.5. The van der Waals surface area contributed by atoms with Crippen LogP contribution in [0, 0.1) is 0 Å². The summed E-state index contributed by atoms with van der Waals surface area (Å²) in [5.74, 6) is -0.526. The van der Waals surface area contributed by atoms with Gasteiger partial charge in [-0.1, -0.05) is 26.2 Å². The van der Waals surface area contributed by atoms with Crippen molar-refractivity contribution in [3.8, 4) is 0 Å². The summed E-state index contributed by atoms with van der Waals surface area (Å²) in [6, 6.07) is 0.753. The molecule has 6 heteroatoms. The molecule has 2 aliphatic rings. The van der Waals surface area contributed by atoms with Gasteiger partial charge in [0.15, 0.2) is 0 Å². The molecule has 1 saturated carbocycles. The fourth-order valence-electron chi connectivity index (χ4n) is 4.09. The summed E-state index contributed by atoms with van der Waals surface area (Å²) in [5.41, 5.74) is 0. The zero-order valence-electron chi connectivity index (χ0n) is 15.2. The molecule has 0 bridgehead atoms. The van der Waals surface area contributed by atoms with Crippen molar-refractivity contribution in [3.63, 3.8) is 0 Å². The summed E-state index contributed by atoms with van der Waals surface area (Å²) in [5, 5.41) is 9.00. The molecule has 138 valence electrons. The molecule has 0 aromatic heterocycles. The van der Waals surface area contributed by atoms with E-state index in [1.165, 1.54) is 19.3 Å². The quantitative estimate of drug-likeness (QED) is 0.764. The van der Waals surface area contributed by atoms with E-state index in [0.717, 1.165) is 45.3 Å². The molecule has 0 radical (unpaired) electrons. The Hall–Kier alpha value is -1.14. The molecule has 2 rings (SSSR count). The molecule has 0 aromatic rings. The number of carboxylic acid groups (broad SMARTS) is 1. The van der Waals surface area contributed by atoms with Crippen LogP contribution in [0.3, 0.4) is 0 Å². The van der Waals surface area contributed by atoms with Crippen LogP contribution in [0.4, 0.5) is 0 Å². The molecule has 1 aliphatic heterocycles. The smallest absolute Gasteiger partial charge is 0.317 e. The Balaban J connectivity index is 1.75. The Kier molecular flexibility index (Phi) is 7.49. The predicted molar refractivity (Wildman–Crippen MR) is 94.0 cm³/mol. The molecule has 24 heavy (non-hydrogen) atoms. The van der Waals surface area contributed by atoms with Gasteiger partial charge in [0.2, 0.25) is 5.91 Å². The van der Waals surface area contributed by atoms with Crippen molar-refractivity contribution in [3.05, 3.63) is 0 Å². The first kappa shape index (κ1) is 19.2. The number of nitrogens with zero attached hydrogens (tertiary/aromatic N) is 3. The minimum Gasteiger partial charge on any atom is -0.480 e. The molecule has 1 heterocycles. The molecule has 1 aliphatic carbocycles. The summed E-state index contributed by atoms with van der Waals surface area (Å²) in [4.78, 5) is 29.7. The number of likely N-dealkylation sites (N-methyl/N-ethyl adjacent to an activating group) is 2. The van der Waals surface area contributed by atoms with E-state index < -0.39 is 5.97 Å². The van der Waals surface area contributed by atoms with Gasteiger partial charge >= 0.3 is 5.97 Å². The molecule has 0 atom stereocenters. The first-order chi connectivity index (χ1) is 11.5. The topological polar surface area (TPSA) is 64.1 Å². The molecule has 0 aromatic carbocycles. The number of aliphatic carboxylic acids is 1. The van der Waals surface area contributed by atoms with Gasteiger partial charge in [0.1, 0.15) is 0 Å². The third kappa shape index (κ3) is 5.45. The lowest BCUT2D eigenvalue weighted by atomic mass is 9.94. The number of hydrogen-bond donors (Lipinski definition) is 1. The van der Waals surface area contributed by atoms with E-state index in [2.05, 4.69) is 4.90 Å². The van der Waals surface area contributed by atoms with Gasteiger partial charge < -0.3 is 10.0 Å². The van der Waals surface area contributed by atoms with E-state index in [1.807, 2.05) is 23.8 Å². The first-order valence-electron chi connectivity index (χ1n) is 9.45. The summed E-state index contributed by atoms with van der Waals surface area (Å²) in [6.45, 7) is 5.16. The summed E-state index contributed by atoms with van der Waals surface area (Å²) >= 11 is 0. The fraction of sp³-hybridized carbons (Fsp3) is 0.889. The number of carbonyl (C=O) groups is 2. The normalized spacial score (nSPS) is 21.1. The van der Waals surface area contributed by atoms with Gasteiger partial charge in [-0.25, -0.2) is 0 Å². The van der Waals surface area contributed by atoms with Gasteiger partial charge in [0.05, 0.1) is 13.1 Å². The largest absolute Gasteiger partial charge is 0.480 e. The summed E-state index contributed by atoms with van der Waals surface area (Å²) in [6.07, 6.45) is 7.96. The van der Waals surface area contributed by atoms with Crippen LogP contribution in [0.1, 0.15) is 51.9 Å². The van der Waals surface area contributed by atoms with Crippen LogP contribution in [0.5, 0.6) is 0 Å². The molecule has 2 fully saturated rings. The van der Waals surface area contributed by atoms with Gasteiger partial charge in [0, 0.05) is 32.2 Å². The van der Waals surface area contributed by atoms with Crippen molar-refractivity contribution >= 4 is 11.9 Å². The molecule has 1 N–H and O–H groups in total. The predicted octanol–water partition coefficient (Wildman–Crippen LogP) is 1.65. The first-order valence-corrected chi connectivity index (χ1v) is 9.45. The molecular formula is C18H33N3O3. The highest BCUT2D eigenvalue weighted by Crippen LogP contribution is 2.22. The standard InChI is InChI=1S/C18H33N3O3/c1-3-21(14-18(23)24)16-9-11-20(12-10-16)13-17(22)19(2)15-7-5-4-6-8-15/h15-16H,3-14H2,1-2H3,(H,23,24). The molecule has 1 amide bonds. The average Bonchev–Trinajstić information content (AvgIpc) is 2.60. The molecule has 6 nitrogen and oxygen atoms in total. The molecular weight excluding hydrogens is 306 g/mol. The van der Waals surface area contributed by atoms with Crippen LogP contribution in [0.2, 0.25) is 0 Å². The van der Waals surface area contributed by atoms with Crippen LogP contribution >= 0.6 is 0 Å². The third-order valence-electron chi connectivity index (χ3n) is 5.69. The lowest BCUT2D eigenvalue weighted by Gasteiger charge is -2.38. The van der Waals surface area contributed by atoms with E-state index in [1.54, 1.807) is 0 Å². The third-order valence-corrected chi connectivity index (χ3v) is 5.69. The van der Waals surface area contributed by atoms with E-state index in [4.69, 9.17) is 5.11 Å². The van der Waals surface area contributed by atoms with E-state index in [-0.39, 0.29) is 12.5 Å². The molecule has 0 spiro atoms. The van der Waals surface area contributed by atoms with Crippen molar-refractivity contribution in [2.24, 2.45) is 0 Å².